The maximum absolute atomic E-state index is 12.4. The molecule has 22 heavy (non-hydrogen) atoms. The Kier molecular flexibility index (Phi) is 6.53. The molecule has 0 bridgehead atoms. The van der Waals surface area contributed by atoms with E-state index in [2.05, 4.69) is 43.4 Å². The Morgan fingerprint density at radius 3 is 2.50 bits per heavy atom. The van der Waals surface area contributed by atoms with Crippen LogP contribution in [0.25, 0.3) is 0 Å². The number of thioether (sulfide) groups is 1. The normalized spacial score (nSPS) is 11.9. The summed E-state index contributed by atoms with van der Waals surface area (Å²) in [5.41, 5.74) is 2.09. The van der Waals surface area contributed by atoms with Crippen LogP contribution in [0.5, 0.6) is 0 Å². The van der Waals surface area contributed by atoms with Gasteiger partial charge in [0.1, 0.15) is 0 Å². The first kappa shape index (κ1) is 16.6. The van der Waals surface area contributed by atoms with Crippen molar-refractivity contribution in [3.05, 3.63) is 65.7 Å². The molecule has 3 heteroatoms. The second-order valence-corrected chi connectivity index (χ2v) is 6.63. The summed E-state index contributed by atoms with van der Waals surface area (Å²) >= 11 is 1.71. The van der Waals surface area contributed by atoms with Crippen LogP contribution in [0.1, 0.15) is 36.2 Å². The number of hydrogen-bond acceptors (Lipinski definition) is 2. The lowest BCUT2D eigenvalue weighted by atomic mass is 10.1. The second kappa shape index (κ2) is 8.64. The van der Waals surface area contributed by atoms with E-state index in [1.807, 2.05) is 30.3 Å². The van der Waals surface area contributed by atoms with E-state index in [9.17, 15) is 4.79 Å². The van der Waals surface area contributed by atoms with E-state index in [-0.39, 0.29) is 11.9 Å². The minimum absolute atomic E-state index is 0.0251. The zero-order chi connectivity index (χ0) is 15.8. The maximum atomic E-state index is 12.4. The standard InChI is InChI=1S/C19H23NOS/c1-3-22-18-12-8-7-11-17(18)19(21)20-15(2)13-14-16-9-5-4-6-10-16/h4-12,15H,3,13-14H2,1-2H3,(H,20,21)/t15-/m1/s1. The van der Waals surface area contributed by atoms with Crippen LogP contribution < -0.4 is 5.32 Å². The third-order valence-electron chi connectivity index (χ3n) is 3.52. The number of carbonyl (C=O) groups excluding carboxylic acids is 1. The van der Waals surface area contributed by atoms with Crippen molar-refractivity contribution in [2.24, 2.45) is 0 Å². The molecule has 2 nitrogen and oxygen atoms in total. The van der Waals surface area contributed by atoms with Crippen molar-refractivity contribution >= 4 is 17.7 Å². The number of carbonyl (C=O) groups is 1. The van der Waals surface area contributed by atoms with E-state index >= 15 is 0 Å². The van der Waals surface area contributed by atoms with Gasteiger partial charge in [-0.3, -0.25) is 4.79 Å². The smallest absolute Gasteiger partial charge is 0.252 e. The average Bonchev–Trinajstić information content (AvgIpc) is 2.55. The largest absolute Gasteiger partial charge is 0.350 e. The van der Waals surface area contributed by atoms with Crippen LogP contribution in [0.3, 0.4) is 0 Å². The zero-order valence-electron chi connectivity index (χ0n) is 13.2. The highest BCUT2D eigenvalue weighted by atomic mass is 32.2. The Morgan fingerprint density at radius 1 is 1.09 bits per heavy atom. The molecular weight excluding hydrogens is 290 g/mol. The van der Waals surface area contributed by atoms with Gasteiger partial charge in [0, 0.05) is 10.9 Å². The fourth-order valence-corrected chi connectivity index (χ4v) is 3.14. The highest BCUT2D eigenvalue weighted by molar-refractivity contribution is 7.99. The van der Waals surface area contributed by atoms with Crippen LogP contribution >= 0.6 is 11.8 Å². The number of amides is 1. The van der Waals surface area contributed by atoms with Crippen molar-refractivity contribution in [3.63, 3.8) is 0 Å². The molecular formula is C19H23NOS. The van der Waals surface area contributed by atoms with Gasteiger partial charge in [-0.15, -0.1) is 11.8 Å². The van der Waals surface area contributed by atoms with Crippen molar-refractivity contribution in [2.45, 2.75) is 37.6 Å². The molecule has 0 aliphatic carbocycles. The number of benzene rings is 2. The van der Waals surface area contributed by atoms with Crippen molar-refractivity contribution in [3.8, 4) is 0 Å². The van der Waals surface area contributed by atoms with Crippen molar-refractivity contribution in [2.75, 3.05) is 5.75 Å². The predicted molar refractivity (Wildman–Crippen MR) is 94.5 cm³/mol. The molecule has 1 N–H and O–H groups in total. The van der Waals surface area contributed by atoms with Crippen LogP contribution in [0, 0.1) is 0 Å². The average molecular weight is 313 g/mol. The summed E-state index contributed by atoms with van der Waals surface area (Å²) < 4.78 is 0. The van der Waals surface area contributed by atoms with Crippen LogP contribution in [-0.2, 0) is 6.42 Å². The van der Waals surface area contributed by atoms with E-state index in [1.165, 1.54) is 5.56 Å². The molecule has 0 saturated carbocycles. The molecule has 1 amide bonds. The number of nitrogens with one attached hydrogen (secondary N) is 1. The molecule has 2 aromatic carbocycles. The van der Waals surface area contributed by atoms with E-state index in [1.54, 1.807) is 11.8 Å². The molecule has 0 unspecified atom stereocenters. The van der Waals surface area contributed by atoms with Gasteiger partial charge in [-0.05, 0) is 43.2 Å². The molecule has 0 fully saturated rings. The van der Waals surface area contributed by atoms with Crippen LogP contribution in [0.2, 0.25) is 0 Å². The molecule has 116 valence electrons. The summed E-state index contributed by atoms with van der Waals surface area (Å²) in [5, 5.41) is 3.11. The van der Waals surface area contributed by atoms with Gasteiger partial charge in [0.15, 0.2) is 0 Å². The molecule has 0 saturated heterocycles. The summed E-state index contributed by atoms with van der Waals surface area (Å²) in [6.07, 6.45) is 1.92. The molecule has 2 rings (SSSR count). The molecule has 1 atom stereocenters. The van der Waals surface area contributed by atoms with Crippen molar-refractivity contribution in [1.82, 2.24) is 5.32 Å². The second-order valence-electron chi connectivity index (χ2n) is 5.33. The first-order chi connectivity index (χ1) is 10.7. The lowest BCUT2D eigenvalue weighted by molar-refractivity contribution is 0.0935. The Bertz CT molecular complexity index is 597. The zero-order valence-corrected chi connectivity index (χ0v) is 14.0. The van der Waals surface area contributed by atoms with Crippen molar-refractivity contribution in [1.29, 1.82) is 0 Å². The number of rotatable bonds is 7. The maximum Gasteiger partial charge on any atom is 0.252 e. The quantitative estimate of drug-likeness (QED) is 0.760. The first-order valence-corrected chi connectivity index (χ1v) is 8.76. The number of hydrogen-bond donors (Lipinski definition) is 1. The number of aryl methyl sites for hydroxylation is 1. The molecule has 0 spiro atoms. The SMILES string of the molecule is CCSc1ccccc1C(=O)N[C@H](C)CCc1ccccc1. The Balaban J connectivity index is 1.91. The van der Waals surface area contributed by atoms with Crippen LogP contribution in [0.15, 0.2) is 59.5 Å². The molecule has 0 aromatic heterocycles. The van der Waals surface area contributed by atoms with Gasteiger partial charge in [-0.1, -0.05) is 49.4 Å². The highest BCUT2D eigenvalue weighted by Crippen LogP contribution is 2.22. The van der Waals surface area contributed by atoms with Gasteiger partial charge in [0.05, 0.1) is 5.56 Å². The lowest BCUT2D eigenvalue weighted by Gasteiger charge is -2.15. The Labute approximate surface area is 137 Å². The topological polar surface area (TPSA) is 29.1 Å². The molecule has 0 heterocycles. The van der Waals surface area contributed by atoms with E-state index in [0.29, 0.717) is 0 Å². The van der Waals surface area contributed by atoms with E-state index in [0.717, 1.165) is 29.1 Å². The fourth-order valence-electron chi connectivity index (χ4n) is 2.34. The Morgan fingerprint density at radius 2 is 1.77 bits per heavy atom. The van der Waals surface area contributed by atoms with E-state index < -0.39 is 0 Å². The third kappa shape index (κ3) is 4.92. The summed E-state index contributed by atoms with van der Waals surface area (Å²) in [5.74, 6) is 0.991. The van der Waals surface area contributed by atoms with Gasteiger partial charge in [-0.2, -0.15) is 0 Å². The summed E-state index contributed by atoms with van der Waals surface area (Å²) in [7, 11) is 0. The Hall–Kier alpha value is -1.74. The first-order valence-electron chi connectivity index (χ1n) is 7.77. The van der Waals surface area contributed by atoms with Gasteiger partial charge < -0.3 is 5.32 Å². The van der Waals surface area contributed by atoms with E-state index in [4.69, 9.17) is 0 Å². The third-order valence-corrected chi connectivity index (χ3v) is 4.47. The molecule has 2 aromatic rings. The highest BCUT2D eigenvalue weighted by Gasteiger charge is 2.13. The van der Waals surface area contributed by atoms with Gasteiger partial charge in [0.25, 0.3) is 5.91 Å². The predicted octanol–water partition coefficient (Wildman–Crippen LogP) is 4.55. The molecule has 0 aliphatic rings. The molecule has 0 aliphatic heterocycles. The fraction of sp³-hybridized carbons (Fsp3) is 0.316. The van der Waals surface area contributed by atoms with Gasteiger partial charge in [-0.25, -0.2) is 0 Å². The minimum Gasteiger partial charge on any atom is -0.350 e. The van der Waals surface area contributed by atoms with Crippen LogP contribution in [-0.4, -0.2) is 17.7 Å². The summed E-state index contributed by atoms with van der Waals surface area (Å²) in [4.78, 5) is 13.5. The summed E-state index contributed by atoms with van der Waals surface area (Å²) in [6, 6.07) is 18.4. The minimum atomic E-state index is 0.0251. The lowest BCUT2D eigenvalue weighted by Crippen LogP contribution is -2.33. The van der Waals surface area contributed by atoms with Crippen molar-refractivity contribution < 1.29 is 4.79 Å². The van der Waals surface area contributed by atoms with Gasteiger partial charge in [0.2, 0.25) is 0 Å². The van der Waals surface area contributed by atoms with Crippen LogP contribution in [0.4, 0.5) is 0 Å². The summed E-state index contributed by atoms with van der Waals surface area (Å²) in [6.45, 7) is 4.16. The monoisotopic (exact) mass is 313 g/mol. The van der Waals surface area contributed by atoms with Gasteiger partial charge >= 0.3 is 0 Å². The molecule has 0 radical (unpaired) electrons.